The first-order valence-corrected chi connectivity index (χ1v) is 4.23. The van der Waals surface area contributed by atoms with Crippen LogP contribution in [0.2, 0.25) is 0 Å². The third kappa shape index (κ3) is 1.59. The van der Waals surface area contributed by atoms with Crippen molar-refractivity contribution in [2.24, 2.45) is 11.8 Å². The Kier molecular flexibility index (Phi) is 2.64. The minimum Gasteiger partial charge on any atom is -0.298 e. The van der Waals surface area contributed by atoms with E-state index in [1.807, 2.05) is 6.92 Å². The van der Waals surface area contributed by atoms with E-state index in [1.54, 1.807) is 0 Å². The quantitative estimate of drug-likeness (QED) is 0.574. The summed E-state index contributed by atoms with van der Waals surface area (Å²) < 4.78 is 0. The molecular formula is C9H13NO. The Morgan fingerprint density at radius 1 is 1.64 bits per heavy atom. The average molecular weight is 151 g/mol. The first-order valence-electron chi connectivity index (χ1n) is 4.23. The van der Waals surface area contributed by atoms with Gasteiger partial charge in [0.2, 0.25) is 0 Å². The molecule has 1 saturated carbocycles. The van der Waals surface area contributed by atoms with Crippen LogP contribution >= 0.6 is 0 Å². The van der Waals surface area contributed by atoms with E-state index in [1.165, 1.54) is 0 Å². The van der Waals surface area contributed by atoms with Gasteiger partial charge in [0, 0.05) is 5.92 Å². The Morgan fingerprint density at radius 3 is 2.91 bits per heavy atom. The van der Waals surface area contributed by atoms with E-state index in [-0.39, 0.29) is 17.6 Å². The van der Waals surface area contributed by atoms with E-state index in [2.05, 4.69) is 6.07 Å². The lowest BCUT2D eigenvalue weighted by Crippen LogP contribution is -2.26. The summed E-state index contributed by atoms with van der Waals surface area (Å²) in [5, 5.41) is 8.60. The van der Waals surface area contributed by atoms with Crippen molar-refractivity contribution in [3.8, 4) is 6.07 Å². The minimum absolute atomic E-state index is 0.174. The van der Waals surface area contributed by atoms with E-state index >= 15 is 0 Å². The fraction of sp³-hybridized carbons (Fsp3) is 0.778. The van der Waals surface area contributed by atoms with Gasteiger partial charge < -0.3 is 0 Å². The predicted octanol–water partition coefficient (Wildman–Crippen LogP) is 1.91. The van der Waals surface area contributed by atoms with Crippen molar-refractivity contribution in [1.29, 1.82) is 5.26 Å². The number of rotatable bonds is 1. The van der Waals surface area contributed by atoms with Crippen molar-refractivity contribution < 1.29 is 4.79 Å². The molecule has 11 heavy (non-hydrogen) atoms. The smallest absolute Gasteiger partial charge is 0.153 e. The van der Waals surface area contributed by atoms with Gasteiger partial charge in [-0.05, 0) is 19.3 Å². The van der Waals surface area contributed by atoms with Crippen LogP contribution in [0.15, 0.2) is 0 Å². The molecule has 1 aliphatic carbocycles. The molecule has 2 unspecified atom stereocenters. The van der Waals surface area contributed by atoms with Gasteiger partial charge >= 0.3 is 0 Å². The molecule has 2 nitrogen and oxygen atoms in total. The van der Waals surface area contributed by atoms with Crippen molar-refractivity contribution in [2.45, 2.75) is 32.6 Å². The molecule has 2 atom stereocenters. The Balaban J connectivity index is 2.61. The maximum atomic E-state index is 11.4. The van der Waals surface area contributed by atoms with Crippen LogP contribution in [0.5, 0.6) is 0 Å². The van der Waals surface area contributed by atoms with Gasteiger partial charge in [0.25, 0.3) is 0 Å². The molecule has 0 heterocycles. The highest BCUT2D eigenvalue weighted by molar-refractivity contribution is 5.86. The molecule has 1 fully saturated rings. The van der Waals surface area contributed by atoms with Crippen molar-refractivity contribution in [3.05, 3.63) is 0 Å². The molecule has 0 saturated heterocycles. The van der Waals surface area contributed by atoms with Crippen LogP contribution in [0.25, 0.3) is 0 Å². The van der Waals surface area contributed by atoms with E-state index in [9.17, 15) is 4.79 Å². The minimum atomic E-state index is -0.298. The van der Waals surface area contributed by atoms with Gasteiger partial charge in [-0.15, -0.1) is 0 Å². The SMILES string of the molecule is CCC1CCCC(C#N)C1=O. The van der Waals surface area contributed by atoms with Gasteiger partial charge in [0.15, 0.2) is 5.78 Å². The molecule has 0 amide bonds. The van der Waals surface area contributed by atoms with Crippen LogP contribution in [0.3, 0.4) is 0 Å². The lowest BCUT2D eigenvalue weighted by atomic mass is 9.80. The van der Waals surface area contributed by atoms with Gasteiger partial charge in [0.1, 0.15) is 5.92 Å². The van der Waals surface area contributed by atoms with Gasteiger partial charge in [-0.2, -0.15) is 5.26 Å². The highest BCUT2D eigenvalue weighted by Crippen LogP contribution is 2.26. The van der Waals surface area contributed by atoms with Gasteiger partial charge in [-0.3, -0.25) is 4.79 Å². The molecule has 0 aromatic heterocycles. The number of hydrogen-bond donors (Lipinski definition) is 0. The Bertz CT molecular complexity index is 192. The van der Waals surface area contributed by atoms with Gasteiger partial charge in [-0.25, -0.2) is 0 Å². The second kappa shape index (κ2) is 3.52. The Hall–Kier alpha value is -0.840. The van der Waals surface area contributed by atoms with Crippen molar-refractivity contribution in [2.75, 3.05) is 0 Å². The highest BCUT2D eigenvalue weighted by Gasteiger charge is 2.29. The second-order valence-electron chi connectivity index (χ2n) is 3.12. The zero-order chi connectivity index (χ0) is 8.27. The zero-order valence-electron chi connectivity index (χ0n) is 6.84. The number of carbonyl (C=O) groups excluding carboxylic acids is 1. The second-order valence-corrected chi connectivity index (χ2v) is 3.12. The van der Waals surface area contributed by atoms with E-state index in [4.69, 9.17) is 5.26 Å². The predicted molar refractivity (Wildman–Crippen MR) is 41.7 cm³/mol. The summed E-state index contributed by atoms with van der Waals surface area (Å²) in [7, 11) is 0. The van der Waals surface area contributed by atoms with Crippen LogP contribution in [0.4, 0.5) is 0 Å². The van der Waals surface area contributed by atoms with Crippen LogP contribution in [0.1, 0.15) is 32.6 Å². The van der Waals surface area contributed by atoms with E-state index < -0.39 is 0 Å². The number of carbonyl (C=O) groups is 1. The third-order valence-electron chi connectivity index (χ3n) is 2.44. The fourth-order valence-electron chi connectivity index (χ4n) is 1.67. The summed E-state index contributed by atoms with van der Waals surface area (Å²) in [4.78, 5) is 11.4. The summed E-state index contributed by atoms with van der Waals surface area (Å²) in [6.45, 7) is 2.02. The summed E-state index contributed by atoms with van der Waals surface area (Å²) in [5.41, 5.74) is 0. The van der Waals surface area contributed by atoms with Crippen molar-refractivity contribution in [3.63, 3.8) is 0 Å². The molecule has 0 spiro atoms. The van der Waals surface area contributed by atoms with E-state index in [0.29, 0.717) is 0 Å². The zero-order valence-corrected chi connectivity index (χ0v) is 6.84. The Labute approximate surface area is 67.2 Å². The van der Waals surface area contributed by atoms with Crippen molar-refractivity contribution in [1.82, 2.24) is 0 Å². The maximum absolute atomic E-state index is 11.4. The van der Waals surface area contributed by atoms with Crippen LogP contribution < -0.4 is 0 Å². The normalized spacial score (nSPS) is 31.5. The summed E-state index contributed by atoms with van der Waals surface area (Å²) >= 11 is 0. The molecule has 1 rings (SSSR count). The summed E-state index contributed by atoms with van der Waals surface area (Å²) in [6.07, 6.45) is 3.72. The third-order valence-corrected chi connectivity index (χ3v) is 2.44. The highest BCUT2D eigenvalue weighted by atomic mass is 16.1. The fourth-order valence-corrected chi connectivity index (χ4v) is 1.67. The molecule has 0 N–H and O–H groups in total. The topological polar surface area (TPSA) is 40.9 Å². The molecule has 1 aliphatic rings. The van der Waals surface area contributed by atoms with Crippen LogP contribution in [0, 0.1) is 23.2 Å². The molecular weight excluding hydrogens is 138 g/mol. The van der Waals surface area contributed by atoms with Gasteiger partial charge in [0.05, 0.1) is 6.07 Å². The molecule has 0 aliphatic heterocycles. The number of nitriles is 1. The summed E-state index contributed by atoms with van der Waals surface area (Å²) in [6, 6.07) is 2.07. The first-order chi connectivity index (χ1) is 5.29. The Morgan fingerprint density at radius 2 is 2.36 bits per heavy atom. The largest absolute Gasteiger partial charge is 0.298 e. The standard InChI is InChI=1S/C9H13NO/c1-2-7-4-3-5-8(6-10)9(7)11/h7-8H,2-5H2,1H3. The summed E-state index contributed by atoms with van der Waals surface area (Å²) in [5.74, 6) is 0.0587. The lowest BCUT2D eigenvalue weighted by molar-refractivity contribution is -0.127. The molecule has 60 valence electrons. The number of Topliss-reactive ketones (excluding diaryl/α,β-unsaturated/α-hetero) is 1. The molecule has 2 heteroatoms. The number of nitrogens with zero attached hydrogens (tertiary/aromatic N) is 1. The molecule has 0 bridgehead atoms. The molecule has 0 radical (unpaired) electrons. The molecule has 0 aromatic rings. The average Bonchev–Trinajstić information content (AvgIpc) is 2.05. The number of hydrogen-bond acceptors (Lipinski definition) is 2. The van der Waals surface area contributed by atoms with Crippen LogP contribution in [-0.4, -0.2) is 5.78 Å². The number of ketones is 1. The maximum Gasteiger partial charge on any atom is 0.153 e. The molecule has 0 aromatic carbocycles. The van der Waals surface area contributed by atoms with Crippen molar-refractivity contribution >= 4 is 5.78 Å². The monoisotopic (exact) mass is 151 g/mol. The van der Waals surface area contributed by atoms with E-state index in [0.717, 1.165) is 25.7 Å². The van der Waals surface area contributed by atoms with Gasteiger partial charge in [-0.1, -0.05) is 13.3 Å². The lowest BCUT2D eigenvalue weighted by Gasteiger charge is -2.22. The first kappa shape index (κ1) is 8.26. The van der Waals surface area contributed by atoms with Crippen LogP contribution in [-0.2, 0) is 4.79 Å².